The fraction of sp³-hybridized carbons (Fsp3) is 0.120. The molecular weight excluding hydrogens is 478 g/mol. The van der Waals surface area contributed by atoms with Crippen LogP contribution in [-0.4, -0.2) is 38.2 Å². The predicted molar refractivity (Wildman–Crippen MR) is 134 cm³/mol. The maximum Gasteiger partial charge on any atom is 0.261 e. The van der Waals surface area contributed by atoms with Crippen LogP contribution in [0.15, 0.2) is 84.0 Å². The largest absolute Gasteiger partial charge is 0.438 e. The molecule has 0 atom stereocenters. The van der Waals surface area contributed by atoms with Crippen molar-refractivity contribution in [2.24, 2.45) is 0 Å². The normalized spacial score (nSPS) is 11.4. The van der Waals surface area contributed by atoms with Gasteiger partial charge in [-0.05, 0) is 87.0 Å². The molecule has 10 nitrogen and oxygen atoms in total. The van der Waals surface area contributed by atoms with Crippen LogP contribution in [0.25, 0.3) is 11.5 Å². The number of hydrogen-bond donors (Lipinski definition) is 1. The summed E-state index contributed by atoms with van der Waals surface area (Å²) < 4.78 is 37.3. The van der Waals surface area contributed by atoms with Crippen LogP contribution in [0.5, 0.6) is 11.6 Å². The molecule has 3 aromatic heterocycles. The van der Waals surface area contributed by atoms with Crippen molar-refractivity contribution in [3.63, 3.8) is 0 Å². The first-order valence-corrected chi connectivity index (χ1v) is 12.6. The maximum absolute atomic E-state index is 12.8. The molecule has 0 fully saturated rings. The van der Waals surface area contributed by atoms with E-state index in [0.29, 0.717) is 23.1 Å². The van der Waals surface area contributed by atoms with E-state index in [1.165, 1.54) is 12.1 Å². The van der Waals surface area contributed by atoms with E-state index >= 15 is 0 Å². The highest BCUT2D eigenvalue weighted by Gasteiger charge is 2.15. The molecule has 0 amide bonds. The number of benzene rings is 2. The van der Waals surface area contributed by atoms with Crippen molar-refractivity contribution in [3.8, 4) is 23.1 Å². The highest BCUT2D eigenvalue weighted by molar-refractivity contribution is 7.92. The molecule has 5 aromatic rings. The molecule has 0 aliphatic carbocycles. The van der Waals surface area contributed by atoms with E-state index in [1.54, 1.807) is 76.4 Å². The molecule has 0 saturated carbocycles. The lowest BCUT2D eigenvalue weighted by Crippen LogP contribution is -2.13. The van der Waals surface area contributed by atoms with Crippen molar-refractivity contribution in [3.05, 3.63) is 96.1 Å². The second-order valence-corrected chi connectivity index (χ2v) is 9.80. The number of aryl methyl sites for hydroxylation is 1. The summed E-state index contributed by atoms with van der Waals surface area (Å²) in [6, 6.07) is 18.3. The first-order chi connectivity index (χ1) is 17.3. The molecule has 0 unspecified atom stereocenters. The average Bonchev–Trinajstić information content (AvgIpc) is 3.51. The molecule has 36 heavy (non-hydrogen) atoms. The van der Waals surface area contributed by atoms with Gasteiger partial charge in [-0.25, -0.2) is 17.8 Å². The molecule has 0 bridgehead atoms. The van der Waals surface area contributed by atoms with Crippen molar-refractivity contribution in [2.75, 3.05) is 4.72 Å². The Hall–Kier alpha value is -4.51. The molecule has 0 radical (unpaired) electrons. The Balaban J connectivity index is 1.25. The van der Waals surface area contributed by atoms with Crippen molar-refractivity contribution in [1.82, 2.24) is 29.8 Å². The van der Waals surface area contributed by atoms with Crippen LogP contribution in [-0.2, 0) is 10.0 Å². The van der Waals surface area contributed by atoms with E-state index in [1.807, 2.05) is 20.8 Å². The summed E-state index contributed by atoms with van der Waals surface area (Å²) >= 11 is 0. The SMILES string of the molecule is Cc1nn(-c2ccc(Oc3ccc(NS(=O)(=O)c4ccc(-n5cccn5)cc4)cc3)nn2)c(C)c1C. The van der Waals surface area contributed by atoms with Gasteiger partial charge in [0.05, 0.1) is 16.3 Å². The number of aromatic nitrogens is 6. The van der Waals surface area contributed by atoms with Crippen LogP contribution in [0, 0.1) is 20.8 Å². The highest BCUT2D eigenvalue weighted by atomic mass is 32.2. The summed E-state index contributed by atoms with van der Waals surface area (Å²) in [5, 5.41) is 17.0. The fourth-order valence-corrected chi connectivity index (χ4v) is 4.61. The zero-order chi connectivity index (χ0) is 25.3. The smallest absolute Gasteiger partial charge is 0.261 e. The third-order valence-electron chi connectivity index (χ3n) is 5.74. The zero-order valence-corrected chi connectivity index (χ0v) is 20.6. The topological polar surface area (TPSA) is 117 Å². The Kier molecular flexibility index (Phi) is 5.98. The molecule has 0 aliphatic rings. The Bertz CT molecular complexity index is 1590. The minimum Gasteiger partial charge on any atom is -0.438 e. The highest BCUT2D eigenvalue weighted by Crippen LogP contribution is 2.24. The van der Waals surface area contributed by atoms with Crippen LogP contribution >= 0.6 is 0 Å². The monoisotopic (exact) mass is 501 g/mol. The van der Waals surface area contributed by atoms with Gasteiger partial charge in [0.25, 0.3) is 10.0 Å². The van der Waals surface area contributed by atoms with Gasteiger partial charge in [0, 0.05) is 29.8 Å². The summed E-state index contributed by atoms with van der Waals surface area (Å²) in [5.74, 6) is 1.39. The average molecular weight is 502 g/mol. The molecule has 2 aromatic carbocycles. The molecule has 5 rings (SSSR count). The fourth-order valence-electron chi connectivity index (χ4n) is 3.55. The van der Waals surface area contributed by atoms with E-state index in [4.69, 9.17) is 4.74 Å². The number of hydrogen-bond acceptors (Lipinski definition) is 7. The van der Waals surface area contributed by atoms with Gasteiger partial charge in [-0.15, -0.1) is 10.2 Å². The number of nitrogens with one attached hydrogen (secondary N) is 1. The Morgan fingerprint density at radius 2 is 1.64 bits per heavy atom. The van der Waals surface area contributed by atoms with Gasteiger partial charge in [-0.2, -0.15) is 10.2 Å². The van der Waals surface area contributed by atoms with Crippen molar-refractivity contribution >= 4 is 15.7 Å². The summed E-state index contributed by atoms with van der Waals surface area (Å²) in [4.78, 5) is 0.145. The Morgan fingerprint density at radius 3 is 2.22 bits per heavy atom. The third kappa shape index (κ3) is 4.68. The molecule has 1 N–H and O–H groups in total. The van der Waals surface area contributed by atoms with Crippen LogP contribution < -0.4 is 9.46 Å². The second kappa shape index (κ2) is 9.27. The third-order valence-corrected chi connectivity index (χ3v) is 7.14. The van der Waals surface area contributed by atoms with Gasteiger partial charge in [-0.3, -0.25) is 4.72 Å². The second-order valence-electron chi connectivity index (χ2n) is 8.11. The summed E-state index contributed by atoms with van der Waals surface area (Å²) in [7, 11) is -3.76. The zero-order valence-electron chi connectivity index (χ0n) is 19.8. The standard InChI is InChI=1S/C25H23N7O3S/c1-17-18(2)29-32(19(17)3)24-13-14-25(28-27-24)35-22-9-5-20(6-10-22)30-36(33,34)23-11-7-21(8-12-23)31-16-4-15-26-31/h4-16,30H,1-3H3. The number of rotatable bonds is 7. The molecule has 0 saturated heterocycles. The van der Waals surface area contributed by atoms with Crippen LogP contribution in [0.2, 0.25) is 0 Å². The predicted octanol–water partition coefficient (Wildman–Crippen LogP) is 4.37. The first kappa shape index (κ1) is 23.2. The van der Waals surface area contributed by atoms with Crippen molar-refractivity contribution < 1.29 is 13.2 Å². The van der Waals surface area contributed by atoms with E-state index in [-0.39, 0.29) is 4.90 Å². The van der Waals surface area contributed by atoms with Gasteiger partial charge in [-0.1, -0.05) is 0 Å². The van der Waals surface area contributed by atoms with Gasteiger partial charge in [0.15, 0.2) is 5.82 Å². The minimum absolute atomic E-state index is 0.145. The number of anilines is 1. The molecule has 182 valence electrons. The van der Waals surface area contributed by atoms with Crippen molar-refractivity contribution in [2.45, 2.75) is 25.7 Å². The van der Waals surface area contributed by atoms with E-state index in [9.17, 15) is 8.42 Å². The van der Waals surface area contributed by atoms with E-state index < -0.39 is 10.0 Å². The number of nitrogens with zero attached hydrogens (tertiary/aromatic N) is 6. The van der Waals surface area contributed by atoms with E-state index in [0.717, 1.165) is 22.6 Å². The van der Waals surface area contributed by atoms with Crippen molar-refractivity contribution in [1.29, 1.82) is 0 Å². The van der Waals surface area contributed by atoms with Crippen LogP contribution in [0.3, 0.4) is 0 Å². The summed E-state index contributed by atoms with van der Waals surface area (Å²) in [6.07, 6.45) is 3.44. The van der Waals surface area contributed by atoms with Crippen LogP contribution in [0.4, 0.5) is 5.69 Å². The lowest BCUT2D eigenvalue weighted by molar-refractivity contribution is 0.454. The van der Waals surface area contributed by atoms with Crippen LogP contribution in [0.1, 0.15) is 17.0 Å². The van der Waals surface area contributed by atoms with Gasteiger partial charge < -0.3 is 4.74 Å². The molecule has 0 aliphatic heterocycles. The number of sulfonamides is 1. The van der Waals surface area contributed by atoms with E-state index in [2.05, 4.69) is 25.1 Å². The van der Waals surface area contributed by atoms with Gasteiger partial charge in [0.1, 0.15) is 5.75 Å². The number of ether oxygens (including phenoxy) is 1. The Labute approximate surface area is 208 Å². The van der Waals surface area contributed by atoms with Gasteiger partial charge in [0.2, 0.25) is 5.88 Å². The lowest BCUT2D eigenvalue weighted by Gasteiger charge is -2.10. The Morgan fingerprint density at radius 1 is 0.889 bits per heavy atom. The molecule has 11 heteroatoms. The first-order valence-electron chi connectivity index (χ1n) is 11.1. The molecule has 3 heterocycles. The summed E-state index contributed by atoms with van der Waals surface area (Å²) in [6.45, 7) is 5.95. The van der Waals surface area contributed by atoms with Gasteiger partial charge >= 0.3 is 0 Å². The molecular formula is C25H23N7O3S. The maximum atomic E-state index is 12.8. The molecule has 0 spiro atoms. The summed E-state index contributed by atoms with van der Waals surface area (Å²) in [5.41, 5.74) is 4.22. The lowest BCUT2D eigenvalue weighted by atomic mass is 10.2. The quantitative estimate of drug-likeness (QED) is 0.352. The minimum atomic E-state index is -3.76.